The molecule has 0 amide bonds. The molecule has 0 aromatic heterocycles. The number of hydrogen-bond acceptors (Lipinski definition) is 4. The van der Waals surface area contributed by atoms with Crippen LogP contribution in [0.25, 0.3) is 0 Å². The fourth-order valence-electron chi connectivity index (χ4n) is 6.62. The van der Waals surface area contributed by atoms with E-state index in [1.54, 1.807) is 0 Å². The summed E-state index contributed by atoms with van der Waals surface area (Å²) in [5.74, 6) is -0.0304. The van der Waals surface area contributed by atoms with Gasteiger partial charge in [0.05, 0.1) is 12.8 Å². The molecule has 46 heavy (non-hydrogen) atoms. The molecule has 0 aromatic rings. The van der Waals surface area contributed by atoms with E-state index in [9.17, 15) is 4.79 Å². The molecule has 0 aromatic carbocycles. The van der Waals surface area contributed by atoms with Crippen LogP contribution in [-0.2, 0) is 9.53 Å². The van der Waals surface area contributed by atoms with Gasteiger partial charge in [0.15, 0.2) is 0 Å². The van der Waals surface area contributed by atoms with Crippen molar-refractivity contribution in [2.75, 3.05) is 26.7 Å². The first kappa shape index (κ1) is 47.8. The Balaban J connectivity index is 0. The second-order valence-electron chi connectivity index (χ2n) is 14.2. The number of carbonyl (C=O) groups is 1. The maximum atomic E-state index is 11.2. The summed E-state index contributed by atoms with van der Waals surface area (Å²) in [5, 5.41) is 3.58. The van der Waals surface area contributed by atoms with Gasteiger partial charge in [0.1, 0.15) is 0 Å². The Labute approximate surface area is 296 Å². The molecule has 278 valence electrons. The van der Waals surface area contributed by atoms with E-state index in [4.69, 9.17) is 4.74 Å². The van der Waals surface area contributed by atoms with Crippen molar-refractivity contribution in [2.24, 2.45) is 0 Å². The fraction of sp³-hybridized carbons (Fsp3) is 0.976. The van der Waals surface area contributed by atoms with Crippen LogP contribution in [0.15, 0.2) is 0 Å². The number of esters is 1. The number of nitrogens with zero attached hydrogens (tertiary/aromatic N) is 1. The molecule has 1 N–H and O–H groups in total. The zero-order valence-electron chi connectivity index (χ0n) is 32.0. The van der Waals surface area contributed by atoms with E-state index in [-0.39, 0.29) is 18.4 Å². The maximum absolute atomic E-state index is 11.2. The van der Waals surface area contributed by atoms with Gasteiger partial charge in [0.2, 0.25) is 0 Å². The van der Waals surface area contributed by atoms with Gasteiger partial charge in [0, 0.05) is 19.5 Å². The van der Waals surface area contributed by atoms with Gasteiger partial charge in [-0.1, -0.05) is 200 Å². The molecule has 1 aliphatic rings. The summed E-state index contributed by atoms with van der Waals surface area (Å²) in [7, 11) is 2.25. The van der Waals surface area contributed by atoms with Crippen molar-refractivity contribution >= 4 is 18.4 Å². The smallest absolute Gasteiger partial charge is 0.305 e. The molecule has 4 nitrogen and oxygen atoms in total. The molecule has 1 fully saturated rings. The molecule has 0 saturated carbocycles. The highest BCUT2D eigenvalue weighted by molar-refractivity contribution is 5.85. The molecular weight excluding hydrogens is 588 g/mol. The average Bonchev–Trinajstić information content (AvgIpc) is 3.45. The topological polar surface area (TPSA) is 41.6 Å². The number of halogens is 1. The Kier molecular flexibility index (Phi) is 42.4. The van der Waals surface area contributed by atoms with E-state index in [0.29, 0.717) is 19.2 Å². The van der Waals surface area contributed by atoms with Crippen LogP contribution in [0.5, 0.6) is 0 Å². The largest absolute Gasteiger partial charge is 0.466 e. The lowest BCUT2D eigenvalue weighted by Crippen LogP contribution is -2.32. The summed E-state index contributed by atoms with van der Waals surface area (Å²) in [6.45, 7) is 9.36. The number of likely N-dealkylation sites (N-methyl/N-ethyl adjacent to an activating group) is 1. The molecule has 1 atom stereocenters. The number of carbonyl (C=O) groups excluding carboxylic acids is 1. The summed E-state index contributed by atoms with van der Waals surface area (Å²) < 4.78 is 4.92. The molecule has 1 heterocycles. The molecule has 0 radical (unpaired) electrons. The predicted octanol–water partition coefficient (Wildman–Crippen LogP) is 13.3. The van der Waals surface area contributed by atoms with E-state index in [2.05, 4.69) is 31.1 Å². The highest BCUT2D eigenvalue weighted by Gasteiger charge is 2.18. The van der Waals surface area contributed by atoms with E-state index >= 15 is 0 Å². The van der Waals surface area contributed by atoms with Crippen molar-refractivity contribution < 1.29 is 9.53 Å². The number of unbranched alkanes of at least 4 members (excludes halogenated alkanes) is 28. The minimum atomic E-state index is -0.0304. The lowest BCUT2D eigenvalue weighted by atomic mass is 10.0. The second-order valence-corrected chi connectivity index (χ2v) is 14.2. The Bertz CT molecular complexity index is 577. The standard InChI is InChI=1S/C21H44N2.C20H40O2.ClH/c1-3-4-5-6-7-8-9-10-11-12-13-14-15-16-17-18-21-22-19-20-23(21)2;1-3-5-6-7-8-9-10-11-12-13-14-15-16-17-18-19-20(21)22-4-2;/h21-22H,3-20H2,1-2H3;3-19H2,1-2H3;1H. The Morgan fingerprint density at radius 1 is 0.543 bits per heavy atom. The minimum Gasteiger partial charge on any atom is -0.466 e. The van der Waals surface area contributed by atoms with E-state index in [1.807, 2.05) is 6.92 Å². The van der Waals surface area contributed by atoms with Crippen LogP contribution in [0.3, 0.4) is 0 Å². The maximum Gasteiger partial charge on any atom is 0.305 e. The first-order valence-corrected chi connectivity index (χ1v) is 20.7. The Morgan fingerprint density at radius 3 is 1.17 bits per heavy atom. The van der Waals surface area contributed by atoms with Crippen molar-refractivity contribution in [3.63, 3.8) is 0 Å². The lowest BCUT2D eigenvalue weighted by molar-refractivity contribution is -0.143. The molecule has 0 spiro atoms. The molecule has 5 heteroatoms. The quantitative estimate of drug-likeness (QED) is 0.0556. The van der Waals surface area contributed by atoms with Crippen LogP contribution in [0, 0.1) is 0 Å². The van der Waals surface area contributed by atoms with Gasteiger partial charge in [0.25, 0.3) is 0 Å². The third-order valence-corrected chi connectivity index (χ3v) is 9.75. The average molecular weight is 674 g/mol. The van der Waals surface area contributed by atoms with Gasteiger partial charge in [-0.2, -0.15) is 0 Å². The van der Waals surface area contributed by atoms with Crippen molar-refractivity contribution in [1.29, 1.82) is 0 Å². The number of ether oxygens (including phenoxy) is 1. The first-order valence-electron chi connectivity index (χ1n) is 20.7. The highest BCUT2D eigenvalue weighted by atomic mass is 35.5. The minimum absolute atomic E-state index is 0. The van der Waals surface area contributed by atoms with Crippen LogP contribution in [0.4, 0.5) is 0 Å². The van der Waals surface area contributed by atoms with Gasteiger partial charge in [-0.25, -0.2) is 0 Å². The van der Waals surface area contributed by atoms with Crippen LogP contribution >= 0.6 is 12.4 Å². The van der Waals surface area contributed by atoms with Crippen molar-refractivity contribution in [2.45, 2.75) is 232 Å². The van der Waals surface area contributed by atoms with Gasteiger partial charge in [-0.05, 0) is 26.8 Å². The molecule has 1 saturated heterocycles. The van der Waals surface area contributed by atoms with Crippen LogP contribution in [0.2, 0.25) is 0 Å². The van der Waals surface area contributed by atoms with Gasteiger partial charge in [-0.3, -0.25) is 9.69 Å². The predicted molar refractivity (Wildman–Crippen MR) is 207 cm³/mol. The monoisotopic (exact) mass is 673 g/mol. The number of hydrogen-bond donors (Lipinski definition) is 1. The van der Waals surface area contributed by atoms with Crippen molar-refractivity contribution in [3.8, 4) is 0 Å². The van der Waals surface area contributed by atoms with Gasteiger partial charge < -0.3 is 10.1 Å². The summed E-state index contributed by atoms with van der Waals surface area (Å²) in [6, 6.07) is 0. The van der Waals surface area contributed by atoms with E-state index in [0.717, 1.165) is 6.42 Å². The lowest BCUT2D eigenvalue weighted by Gasteiger charge is -2.18. The third kappa shape index (κ3) is 36.5. The zero-order valence-corrected chi connectivity index (χ0v) is 32.8. The van der Waals surface area contributed by atoms with Crippen LogP contribution in [-0.4, -0.2) is 43.8 Å². The van der Waals surface area contributed by atoms with E-state index < -0.39 is 0 Å². The molecular formula is C41H85ClN2O2. The second kappa shape index (κ2) is 40.9. The zero-order chi connectivity index (χ0) is 32.9. The number of rotatable bonds is 33. The Morgan fingerprint density at radius 2 is 0.870 bits per heavy atom. The van der Waals surface area contributed by atoms with Crippen molar-refractivity contribution in [3.05, 3.63) is 0 Å². The molecule has 0 aliphatic carbocycles. The highest BCUT2D eigenvalue weighted by Crippen LogP contribution is 2.16. The van der Waals surface area contributed by atoms with Gasteiger partial charge in [-0.15, -0.1) is 12.4 Å². The van der Waals surface area contributed by atoms with Gasteiger partial charge >= 0.3 is 5.97 Å². The summed E-state index contributed by atoms with van der Waals surface area (Å²) >= 11 is 0. The first-order chi connectivity index (χ1) is 22.2. The molecule has 1 rings (SSSR count). The number of nitrogens with one attached hydrogen (secondary N) is 1. The fourth-order valence-corrected chi connectivity index (χ4v) is 6.62. The van der Waals surface area contributed by atoms with Crippen molar-refractivity contribution in [1.82, 2.24) is 10.2 Å². The van der Waals surface area contributed by atoms with E-state index in [1.165, 1.54) is 206 Å². The summed E-state index contributed by atoms with van der Waals surface area (Å²) in [6.07, 6.45) is 44.8. The Hall–Kier alpha value is -0.320. The molecule has 0 bridgehead atoms. The normalized spacial score (nSPS) is 14.6. The summed E-state index contributed by atoms with van der Waals surface area (Å²) in [4.78, 5) is 13.6. The van der Waals surface area contributed by atoms with Crippen LogP contribution < -0.4 is 5.32 Å². The molecule has 1 aliphatic heterocycles. The van der Waals surface area contributed by atoms with Crippen LogP contribution in [0.1, 0.15) is 226 Å². The SMILES string of the molecule is CCCCCCCCCCCCCCCCCC(=O)OCC.CCCCCCCCCCCCCCCCCC1NCCN1C.Cl. The molecule has 1 unspecified atom stereocenters. The third-order valence-electron chi connectivity index (χ3n) is 9.75. The summed E-state index contributed by atoms with van der Waals surface area (Å²) in [5.41, 5.74) is 0.